The third-order valence-corrected chi connectivity index (χ3v) is 6.94. The van der Waals surface area contributed by atoms with Crippen LogP contribution in [0.4, 0.5) is 0 Å². The molecule has 2 aromatic heterocycles. The van der Waals surface area contributed by atoms with Crippen molar-refractivity contribution in [2.75, 3.05) is 6.54 Å². The molecule has 0 aliphatic carbocycles. The summed E-state index contributed by atoms with van der Waals surface area (Å²) in [6.45, 7) is 2.48. The number of fused-ring (bicyclic) bond motifs is 2. The highest BCUT2D eigenvalue weighted by Crippen LogP contribution is 2.41. The van der Waals surface area contributed by atoms with Gasteiger partial charge in [0.05, 0.1) is 11.1 Å². The summed E-state index contributed by atoms with van der Waals surface area (Å²) in [7, 11) is 0. The van der Waals surface area contributed by atoms with Gasteiger partial charge in [-0.05, 0) is 55.6 Å². The van der Waals surface area contributed by atoms with Crippen molar-refractivity contribution in [3.8, 4) is 11.1 Å². The van der Waals surface area contributed by atoms with Gasteiger partial charge >= 0.3 is 0 Å². The molecule has 5 aromatic rings. The molecule has 6 rings (SSSR count). The van der Waals surface area contributed by atoms with E-state index in [-0.39, 0.29) is 11.8 Å². The molecule has 1 aliphatic heterocycles. The minimum atomic E-state index is -0.376. The largest absolute Gasteiger partial charge is 0.358 e. The summed E-state index contributed by atoms with van der Waals surface area (Å²) in [5.41, 5.74) is 13.9. The molecule has 2 amide bonds. The molecule has 0 saturated heterocycles. The van der Waals surface area contributed by atoms with E-state index in [4.69, 9.17) is 5.73 Å². The van der Waals surface area contributed by atoms with Crippen molar-refractivity contribution in [2.24, 2.45) is 5.73 Å². The van der Waals surface area contributed by atoms with Gasteiger partial charge in [-0.3, -0.25) is 14.9 Å². The Balaban J connectivity index is 1.64. The highest BCUT2D eigenvalue weighted by Gasteiger charge is 2.36. The zero-order valence-electron chi connectivity index (χ0n) is 19.9. The maximum absolute atomic E-state index is 13.4. The van der Waals surface area contributed by atoms with Crippen molar-refractivity contribution < 1.29 is 9.59 Å². The van der Waals surface area contributed by atoms with E-state index in [1.807, 2.05) is 55.5 Å². The number of aromatic amines is 2. The summed E-state index contributed by atoms with van der Waals surface area (Å²) in [6, 6.07) is 24.2. The summed E-state index contributed by atoms with van der Waals surface area (Å²) >= 11 is 0. The number of para-hydroxylation sites is 1. The number of carbonyl (C=O) groups excluding carboxylic acids is 2. The first kappa shape index (κ1) is 22.1. The molecule has 0 bridgehead atoms. The minimum absolute atomic E-state index is 0.373. The van der Waals surface area contributed by atoms with Crippen LogP contribution in [0.1, 0.15) is 28.9 Å². The lowest BCUT2D eigenvalue weighted by atomic mass is 9.91. The first-order chi connectivity index (χ1) is 17.6. The van der Waals surface area contributed by atoms with Gasteiger partial charge in [0.1, 0.15) is 0 Å². The molecule has 0 radical (unpaired) electrons. The first-order valence-corrected chi connectivity index (χ1v) is 12.1. The molecule has 6 heteroatoms. The lowest BCUT2D eigenvalue weighted by molar-refractivity contribution is -0.122. The molecule has 0 fully saturated rings. The molecule has 5 N–H and O–H groups in total. The zero-order chi connectivity index (χ0) is 24.8. The lowest BCUT2D eigenvalue weighted by Crippen LogP contribution is -2.23. The molecule has 0 unspecified atom stereocenters. The molecule has 1 aliphatic rings. The zero-order valence-corrected chi connectivity index (χ0v) is 19.9. The number of amides is 2. The Labute approximate surface area is 208 Å². The number of hydrogen-bond acceptors (Lipinski definition) is 3. The Morgan fingerprint density at radius 3 is 2.19 bits per heavy atom. The van der Waals surface area contributed by atoms with Crippen LogP contribution in [0.5, 0.6) is 0 Å². The normalized spacial score (nSPS) is 13.8. The topological polar surface area (TPSA) is 104 Å². The number of carbonyl (C=O) groups is 2. The van der Waals surface area contributed by atoms with Gasteiger partial charge in [-0.15, -0.1) is 0 Å². The van der Waals surface area contributed by atoms with Crippen LogP contribution in [0, 0.1) is 6.92 Å². The van der Waals surface area contributed by atoms with Crippen LogP contribution in [0.2, 0.25) is 0 Å². The number of imide groups is 1. The maximum Gasteiger partial charge on any atom is 0.259 e. The Morgan fingerprint density at radius 2 is 1.42 bits per heavy atom. The van der Waals surface area contributed by atoms with Gasteiger partial charge in [-0.1, -0.05) is 54.6 Å². The molecule has 0 spiro atoms. The average molecular weight is 475 g/mol. The van der Waals surface area contributed by atoms with Gasteiger partial charge in [0, 0.05) is 44.3 Å². The van der Waals surface area contributed by atoms with Gasteiger partial charge in [-0.25, -0.2) is 0 Å². The SMILES string of the molecule is Cc1[nH]c2ccc(-c3ccccc3)cc2c1C1=C(c2c(CCCN)[nH]c3ccccc23)C(=O)NC1=O. The minimum Gasteiger partial charge on any atom is -0.358 e. The van der Waals surface area contributed by atoms with Crippen molar-refractivity contribution in [3.05, 3.63) is 95.3 Å². The highest BCUT2D eigenvalue weighted by atomic mass is 16.2. The van der Waals surface area contributed by atoms with E-state index >= 15 is 0 Å². The van der Waals surface area contributed by atoms with E-state index in [1.165, 1.54) is 0 Å². The Morgan fingerprint density at radius 1 is 0.722 bits per heavy atom. The quantitative estimate of drug-likeness (QED) is 0.258. The number of H-pyrrole nitrogens is 2. The van der Waals surface area contributed by atoms with E-state index < -0.39 is 0 Å². The van der Waals surface area contributed by atoms with Crippen LogP contribution in [0.25, 0.3) is 44.1 Å². The summed E-state index contributed by atoms with van der Waals surface area (Å²) in [5, 5.41) is 4.41. The van der Waals surface area contributed by atoms with E-state index in [0.29, 0.717) is 24.1 Å². The molecular formula is C30H26N4O2. The fourth-order valence-corrected chi connectivity index (χ4v) is 5.34. The summed E-state index contributed by atoms with van der Waals surface area (Å²) < 4.78 is 0. The van der Waals surface area contributed by atoms with Crippen LogP contribution >= 0.6 is 0 Å². The third-order valence-electron chi connectivity index (χ3n) is 6.94. The number of nitrogens with two attached hydrogens (primary N) is 1. The molecule has 6 nitrogen and oxygen atoms in total. The van der Waals surface area contributed by atoms with Crippen molar-refractivity contribution in [3.63, 3.8) is 0 Å². The third kappa shape index (κ3) is 3.46. The van der Waals surface area contributed by atoms with E-state index in [1.54, 1.807) is 0 Å². The maximum atomic E-state index is 13.4. The average Bonchev–Trinajstić information content (AvgIpc) is 3.51. The van der Waals surface area contributed by atoms with E-state index in [2.05, 4.69) is 39.6 Å². The van der Waals surface area contributed by atoms with E-state index in [0.717, 1.165) is 61.9 Å². The lowest BCUT2D eigenvalue weighted by Gasteiger charge is -2.09. The van der Waals surface area contributed by atoms with Crippen LogP contribution in [-0.4, -0.2) is 28.3 Å². The number of rotatable bonds is 6. The number of benzene rings is 3. The standard InChI is InChI=1S/C30H26N4O2/c1-17-25(21-16-19(13-14-23(21)32-17)18-8-3-2-4-9-18)27-28(30(36)34-29(27)35)26-20-10-5-6-11-22(20)33-24(26)12-7-15-31/h2-6,8-11,13-14,16,32-33H,7,12,15,31H2,1H3,(H,34,35,36). The summed E-state index contributed by atoms with van der Waals surface area (Å²) in [6.07, 6.45) is 1.45. The van der Waals surface area contributed by atoms with Gasteiger partial charge < -0.3 is 15.7 Å². The molecule has 3 heterocycles. The predicted molar refractivity (Wildman–Crippen MR) is 144 cm³/mol. The van der Waals surface area contributed by atoms with E-state index in [9.17, 15) is 9.59 Å². The summed E-state index contributed by atoms with van der Waals surface area (Å²) in [4.78, 5) is 33.6. The fraction of sp³-hybridized carbons (Fsp3) is 0.133. The van der Waals surface area contributed by atoms with Crippen molar-refractivity contribution in [1.82, 2.24) is 15.3 Å². The van der Waals surface area contributed by atoms with Crippen LogP contribution in [0.15, 0.2) is 72.8 Å². The van der Waals surface area contributed by atoms with Crippen LogP contribution in [-0.2, 0) is 16.0 Å². The van der Waals surface area contributed by atoms with Crippen molar-refractivity contribution in [2.45, 2.75) is 19.8 Å². The van der Waals surface area contributed by atoms with Crippen LogP contribution in [0.3, 0.4) is 0 Å². The molecule has 0 saturated carbocycles. The molecule has 178 valence electrons. The summed E-state index contributed by atoms with van der Waals surface area (Å²) in [5.74, 6) is -0.749. The number of hydrogen-bond donors (Lipinski definition) is 4. The Hall–Kier alpha value is -4.42. The van der Waals surface area contributed by atoms with Crippen molar-refractivity contribution >= 4 is 44.8 Å². The number of nitrogens with one attached hydrogen (secondary N) is 3. The number of aromatic nitrogens is 2. The van der Waals surface area contributed by atoms with Gasteiger partial charge in [0.2, 0.25) is 0 Å². The van der Waals surface area contributed by atoms with Crippen molar-refractivity contribution in [1.29, 1.82) is 0 Å². The van der Waals surface area contributed by atoms with Crippen LogP contribution < -0.4 is 11.1 Å². The second-order valence-electron chi connectivity index (χ2n) is 9.20. The molecule has 36 heavy (non-hydrogen) atoms. The van der Waals surface area contributed by atoms with Gasteiger partial charge in [0.15, 0.2) is 0 Å². The second kappa shape index (κ2) is 8.66. The molecule has 3 aromatic carbocycles. The highest BCUT2D eigenvalue weighted by molar-refractivity contribution is 6.51. The monoisotopic (exact) mass is 474 g/mol. The Kier molecular flexibility index (Phi) is 5.31. The fourth-order valence-electron chi connectivity index (χ4n) is 5.34. The first-order valence-electron chi connectivity index (χ1n) is 12.1. The smallest absolute Gasteiger partial charge is 0.259 e. The van der Waals surface area contributed by atoms with Gasteiger partial charge in [-0.2, -0.15) is 0 Å². The Bertz CT molecular complexity index is 1690. The number of aryl methyl sites for hydroxylation is 2. The molecule has 0 atom stereocenters. The predicted octanol–water partition coefficient (Wildman–Crippen LogP) is 5.08. The molecular weight excluding hydrogens is 448 g/mol. The second-order valence-corrected chi connectivity index (χ2v) is 9.20. The van der Waals surface area contributed by atoms with Gasteiger partial charge in [0.25, 0.3) is 11.8 Å².